The number of fused-ring (bicyclic) bond motifs is 2. The van der Waals surface area contributed by atoms with E-state index in [0.717, 1.165) is 44.3 Å². The second-order valence-electron chi connectivity index (χ2n) is 11.2. The lowest BCUT2D eigenvalue weighted by Crippen LogP contribution is -2.17. The van der Waals surface area contributed by atoms with Crippen molar-refractivity contribution < 1.29 is 9.47 Å². The lowest BCUT2D eigenvalue weighted by Gasteiger charge is -2.09. The van der Waals surface area contributed by atoms with E-state index in [0.29, 0.717) is 23.1 Å². The quantitative estimate of drug-likeness (QED) is 0.130. The summed E-state index contributed by atoms with van der Waals surface area (Å²) in [6.07, 6.45) is 11.1. The maximum absolute atomic E-state index is 5.66. The van der Waals surface area contributed by atoms with Crippen molar-refractivity contribution in [3.63, 3.8) is 0 Å². The molecule has 15 heteroatoms. The number of nitrogens with one attached hydrogen (secondary N) is 1. The molecule has 0 saturated carbocycles. The minimum atomic E-state index is 0.0196. The number of rotatable bonds is 5. The Labute approximate surface area is 320 Å². The lowest BCUT2D eigenvalue weighted by molar-refractivity contribution is 0.563. The molecule has 0 spiro atoms. The largest absolute Gasteiger partial charge is 0.436 e. The summed E-state index contributed by atoms with van der Waals surface area (Å²) in [7, 11) is 3.76. The van der Waals surface area contributed by atoms with E-state index in [1.54, 1.807) is 40.0 Å². The van der Waals surface area contributed by atoms with E-state index in [2.05, 4.69) is 47.7 Å². The van der Waals surface area contributed by atoms with Crippen LogP contribution < -0.4 is 20.5 Å². The van der Waals surface area contributed by atoms with Crippen LogP contribution in [-0.4, -0.2) is 49.2 Å². The predicted octanol–water partition coefficient (Wildman–Crippen LogP) is 8.01. The molecule has 0 atom stereocenters. The number of hydrogen-bond donors (Lipinski definition) is 2. The number of hydrogen-bond acceptors (Lipinski definition) is 11. The third kappa shape index (κ3) is 10.4. The van der Waals surface area contributed by atoms with Crippen molar-refractivity contribution >= 4 is 79.4 Å². The molecule has 2 aromatic carbocycles. The van der Waals surface area contributed by atoms with Crippen LogP contribution in [-0.2, 0) is 14.1 Å². The summed E-state index contributed by atoms with van der Waals surface area (Å²) < 4.78 is 14.0. The van der Waals surface area contributed by atoms with E-state index in [-0.39, 0.29) is 9.68 Å². The van der Waals surface area contributed by atoms with Gasteiger partial charge in [-0.2, -0.15) is 10.2 Å². The summed E-state index contributed by atoms with van der Waals surface area (Å²) in [6.45, 7) is 0. The third-order valence-electron chi connectivity index (χ3n) is 7.30. The van der Waals surface area contributed by atoms with E-state index in [4.69, 9.17) is 39.0 Å². The summed E-state index contributed by atoms with van der Waals surface area (Å²) in [5, 5.41) is 11.6. The molecule has 53 heavy (non-hydrogen) atoms. The molecule has 6 heterocycles. The van der Waals surface area contributed by atoms with Gasteiger partial charge in [-0.15, -0.1) is 0 Å². The molecule has 0 fully saturated rings. The first kappa shape index (κ1) is 36.4. The van der Waals surface area contributed by atoms with Crippen LogP contribution in [0.3, 0.4) is 0 Å². The van der Waals surface area contributed by atoms with E-state index >= 15 is 0 Å². The van der Waals surface area contributed by atoms with Crippen LogP contribution in [0.1, 0.15) is 0 Å². The standard InChI is InChI=1S/C19H15N5OS.C12H11N5.C7H5ClOS/c1-24-12-14(11-21-24)13-9-17-16(20-10-13)7-8-18(22-17)23-19(26)25-15-5-3-2-4-6-15;1-17-7-9(6-15-17)8-4-11-10(14-5-8)2-3-12(13)16-11;8-7(10)9-6-4-2-1-3-5-6/h2-12H,1H3,(H,22,23,26);2-7H,1H3,(H2,13,16);1-5H. The number of ether oxygens (including phenoxy) is 2. The molecule has 0 bridgehead atoms. The molecular weight excluding hydrogens is 728 g/mol. The molecule has 264 valence electrons. The topological polar surface area (TPSA) is 144 Å². The van der Waals surface area contributed by atoms with E-state index in [1.807, 2.05) is 118 Å². The Bertz CT molecular complexity index is 2490. The number of nitrogen functional groups attached to an aromatic ring is 1. The number of aromatic nitrogens is 8. The van der Waals surface area contributed by atoms with Gasteiger partial charge in [0.2, 0.25) is 0 Å². The molecular formula is C38H31ClN10O2S2. The molecule has 3 N–H and O–H groups in total. The molecule has 8 aromatic rings. The van der Waals surface area contributed by atoms with Crippen LogP contribution in [0.4, 0.5) is 11.6 Å². The summed E-state index contributed by atoms with van der Waals surface area (Å²) in [6, 6.07) is 29.8. The Kier molecular flexibility index (Phi) is 11.9. The Hall–Kier alpha value is -6.35. The van der Waals surface area contributed by atoms with Gasteiger partial charge in [-0.25, -0.2) is 9.97 Å². The minimum absolute atomic E-state index is 0.0196. The number of anilines is 2. The summed E-state index contributed by atoms with van der Waals surface area (Å²) in [5.74, 6) is 2.44. The molecule has 0 radical (unpaired) electrons. The highest BCUT2D eigenvalue weighted by molar-refractivity contribution is 7.82. The van der Waals surface area contributed by atoms with Gasteiger partial charge in [0.1, 0.15) is 23.1 Å². The fourth-order valence-corrected chi connectivity index (χ4v) is 5.25. The van der Waals surface area contributed by atoms with Crippen molar-refractivity contribution in [2.75, 3.05) is 11.1 Å². The number of nitrogens with zero attached hydrogens (tertiary/aromatic N) is 8. The lowest BCUT2D eigenvalue weighted by atomic mass is 10.1. The smallest absolute Gasteiger partial charge is 0.267 e. The van der Waals surface area contributed by atoms with Gasteiger partial charge >= 0.3 is 0 Å². The molecule has 0 aliphatic heterocycles. The molecule has 0 aliphatic carbocycles. The molecule has 8 rings (SSSR count). The van der Waals surface area contributed by atoms with Crippen molar-refractivity contribution in [2.24, 2.45) is 14.1 Å². The molecule has 0 amide bonds. The zero-order valence-corrected chi connectivity index (χ0v) is 30.8. The second-order valence-corrected chi connectivity index (χ2v) is 12.6. The third-order valence-corrected chi connectivity index (χ3v) is 7.64. The van der Waals surface area contributed by atoms with E-state index in [1.165, 1.54) is 0 Å². The fraction of sp³-hybridized carbons (Fsp3) is 0.0526. The number of nitrogens with two attached hydrogens (primary N) is 1. The van der Waals surface area contributed by atoms with Crippen molar-refractivity contribution in [1.29, 1.82) is 0 Å². The highest BCUT2D eigenvalue weighted by atomic mass is 35.5. The van der Waals surface area contributed by atoms with Crippen molar-refractivity contribution in [1.82, 2.24) is 39.5 Å². The van der Waals surface area contributed by atoms with Gasteiger partial charge in [-0.05, 0) is 96.7 Å². The first-order valence-corrected chi connectivity index (χ1v) is 17.1. The predicted molar refractivity (Wildman–Crippen MR) is 217 cm³/mol. The normalized spacial score (nSPS) is 10.4. The first-order chi connectivity index (χ1) is 25.7. The second kappa shape index (κ2) is 17.2. The number of pyridine rings is 4. The maximum atomic E-state index is 5.66. The van der Waals surface area contributed by atoms with Gasteiger partial charge in [0.05, 0.1) is 34.5 Å². The summed E-state index contributed by atoms with van der Waals surface area (Å²) >= 11 is 15.1. The number of halogens is 1. The Morgan fingerprint density at radius 1 is 0.623 bits per heavy atom. The van der Waals surface area contributed by atoms with E-state index < -0.39 is 0 Å². The highest BCUT2D eigenvalue weighted by Gasteiger charge is 2.08. The average molecular weight is 759 g/mol. The van der Waals surface area contributed by atoms with Gasteiger partial charge in [0.25, 0.3) is 9.68 Å². The monoisotopic (exact) mass is 758 g/mol. The number of thiocarbonyl (C=S) groups is 2. The number of aryl methyl sites for hydroxylation is 2. The van der Waals surface area contributed by atoms with Gasteiger partial charge in [0.15, 0.2) is 0 Å². The minimum Gasteiger partial charge on any atom is -0.436 e. The zero-order valence-electron chi connectivity index (χ0n) is 28.4. The number of benzene rings is 2. The van der Waals surface area contributed by atoms with Gasteiger partial charge in [-0.3, -0.25) is 19.3 Å². The van der Waals surface area contributed by atoms with Crippen LogP contribution in [0, 0.1) is 0 Å². The Morgan fingerprint density at radius 2 is 1.13 bits per heavy atom. The zero-order chi connectivity index (χ0) is 37.2. The van der Waals surface area contributed by atoms with Gasteiger partial charge < -0.3 is 20.5 Å². The molecule has 6 aromatic heterocycles. The van der Waals surface area contributed by atoms with Crippen LogP contribution >= 0.6 is 36.0 Å². The van der Waals surface area contributed by atoms with Gasteiger partial charge in [0, 0.05) is 61.1 Å². The van der Waals surface area contributed by atoms with Crippen molar-refractivity contribution in [2.45, 2.75) is 0 Å². The van der Waals surface area contributed by atoms with Crippen molar-refractivity contribution in [3.8, 4) is 33.8 Å². The fourth-order valence-electron chi connectivity index (χ4n) is 4.86. The first-order valence-electron chi connectivity index (χ1n) is 15.9. The molecule has 0 aliphatic rings. The Balaban J connectivity index is 0.000000152. The van der Waals surface area contributed by atoms with Crippen LogP contribution in [0.5, 0.6) is 11.5 Å². The Morgan fingerprint density at radius 3 is 1.64 bits per heavy atom. The van der Waals surface area contributed by atoms with Crippen LogP contribution in [0.25, 0.3) is 44.3 Å². The average Bonchev–Trinajstić information content (AvgIpc) is 3.80. The van der Waals surface area contributed by atoms with Gasteiger partial charge in [-0.1, -0.05) is 36.4 Å². The van der Waals surface area contributed by atoms with E-state index in [9.17, 15) is 0 Å². The summed E-state index contributed by atoms with van der Waals surface area (Å²) in [5.41, 5.74) is 12.8. The SMILES string of the molecule is Cn1cc(-c2cnc3ccc(N)nc3c2)cn1.Cn1cc(-c2cnc3ccc(NC(=S)Oc4ccccc4)nc3c2)cn1.S=C(Cl)Oc1ccccc1. The molecule has 0 unspecified atom stereocenters. The highest BCUT2D eigenvalue weighted by Crippen LogP contribution is 2.23. The van der Waals surface area contributed by atoms with Crippen LogP contribution in [0.15, 0.2) is 134 Å². The summed E-state index contributed by atoms with van der Waals surface area (Å²) in [4.78, 5) is 17.7. The van der Waals surface area contributed by atoms with Crippen molar-refractivity contribution in [3.05, 3.63) is 134 Å². The maximum Gasteiger partial charge on any atom is 0.267 e. The van der Waals surface area contributed by atoms with Crippen LogP contribution in [0.2, 0.25) is 0 Å². The molecule has 0 saturated heterocycles. The molecule has 12 nitrogen and oxygen atoms in total. The number of para-hydroxylation sites is 2.